The first-order valence-corrected chi connectivity index (χ1v) is 7.48. The molecule has 0 aromatic heterocycles. The number of hydrogen-bond acceptors (Lipinski definition) is 2. The summed E-state index contributed by atoms with van der Waals surface area (Å²) in [5, 5.41) is 2.66. The van der Waals surface area contributed by atoms with Crippen LogP contribution in [-0.4, -0.2) is 5.91 Å². The molecular formula is C16H25FN2O. The SMILES string of the molecule is CCCCCCCCCC(=O)Nc1cc(F)ccc1N. The molecule has 3 nitrogen and oxygen atoms in total. The molecule has 0 aliphatic carbocycles. The number of halogens is 1. The maximum absolute atomic E-state index is 13.0. The van der Waals surface area contributed by atoms with Gasteiger partial charge >= 0.3 is 0 Å². The molecule has 0 spiro atoms. The lowest BCUT2D eigenvalue weighted by Crippen LogP contribution is -2.12. The smallest absolute Gasteiger partial charge is 0.224 e. The normalized spacial score (nSPS) is 10.5. The number of hydrogen-bond donors (Lipinski definition) is 2. The van der Waals surface area contributed by atoms with E-state index in [1.54, 1.807) is 0 Å². The summed E-state index contributed by atoms with van der Waals surface area (Å²) in [5.74, 6) is -0.499. The topological polar surface area (TPSA) is 55.1 Å². The number of unbranched alkanes of at least 4 members (excludes halogenated alkanes) is 6. The molecule has 0 saturated carbocycles. The second-order valence-corrected chi connectivity index (χ2v) is 5.15. The van der Waals surface area contributed by atoms with Crippen LogP contribution in [0.25, 0.3) is 0 Å². The van der Waals surface area contributed by atoms with Crippen molar-refractivity contribution in [1.82, 2.24) is 0 Å². The van der Waals surface area contributed by atoms with E-state index in [0.29, 0.717) is 17.8 Å². The molecule has 0 aliphatic heterocycles. The van der Waals surface area contributed by atoms with Gasteiger partial charge in [0.2, 0.25) is 5.91 Å². The van der Waals surface area contributed by atoms with E-state index < -0.39 is 5.82 Å². The van der Waals surface area contributed by atoms with Gasteiger partial charge in [0, 0.05) is 6.42 Å². The zero-order valence-electron chi connectivity index (χ0n) is 12.3. The standard InChI is InChI=1S/C16H25FN2O/c1-2-3-4-5-6-7-8-9-16(20)19-15-12-13(17)10-11-14(15)18/h10-12H,2-9,18H2,1H3,(H,19,20). The minimum Gasteiger partial charge on any atom is -0.397 e. The molecule has 0 heterocycles. The maximum atomic E-state index is 13.0. The van der Waals surface area contributed by atoms with Crippen LogP contribution in [0.4, 0.5) is 15.8 Å². The lowest BCUT2D eigenvalue weighted by atomic mass is 10.1. The molecule has 0 aliphatic rings. The number of anilines is 2. The number of nitrogens with two attached hydrogens (primary N) is 1. The quantitative estimate of drug-likeness (QED) is 0.517. The van der Waals surface area contributed by atoms with E-state index in [1.807, 2.05) is 0 Å². The van der Waals surface area contributed by atoms with Crippen LogP contribution in [0, 0.1) is 5.82 Å². The van der Waals surface area contributed by atoms with E-state index in [1.165, 1.54) is 50.3 Å². The van der Waals surface area contributed by atoms with E-state index in [0.717, 1.165) is 12.8 Å². The fourth-order valence-corrected chi connectivity index (χ4v) is 2.09. The number of carbonyl (C=O) groups excluding carboxylic acids is 1. The number of nitrogen functional groups attached to an aromatic ring is 1. The molecule has 1 amide bonds. The van der Waals surface area contributed by atoms with Crippen LogP contribution < -0.4 is 11.1 Å². The zero-order chi connectivity index (χ0) is 14.8. The average Bonchev–Trinajstić information content (AvgIpc) is 2.42. The Bertz CT molecular complexity index is 421. The van der Waals surface area contributed by atoms with Crippen molar-refractivity contribution in [1.29, 1.82) is 0 Å². The first kappa shape index (κ1) is 16.5. The van der Waals surface area contributed by atoms with Gasteiger partial charge in [-0.15, -0.1) is 0 Å². The summed E-state index contributed by atoms with van der Waals surface area (Å²) in [5.41, 5.74) is 6.43. The Kier molecular flexibility index (Phi) is 7.70. The van der Waals surface area contributed by atoms with Crippen LogP contribution in [0.3, 0.4) is 0 Å². The van der Waals surface area contributed by atoms with Crippen molar-refractivity contribution >= 4 is 17.3 Å². The van der Waals surface area contributed by atoms with Crippen molar-refractivity contribution in [2.24, 2.45) is 0 Å². The summed E-state index contributed by atoms with van der Waals surface area (Å²) in [4.78, 5) is 11.7. The molecular weight excluding hydrogens is 255 g/mol. The van der Waals surface area contributed by atoms with Crippen molar-refractivity contribution < 1.29 is 9.18 Å². The van der Waals surface area contributed by atoms with Gasteiger partial charge in [-0.1, -0.05) is 45.4 Å². The third-order valence-corrected chi connectivity index (χ3v) is 3.30. The van der Waals surface area contributed by atoms with Crippen molar-refractivity contribution in [3.63, 3.8) is 0 Å². The molecule has 20 heavy (non-hydrogen) atoms. The Hall–Kier alpha value is -1.58. The largest absolute Gasteiger partial charge is 0.397 e. The lowest BCUT2D eigenvalue weighted by Gasteiger charge is -2.08. The van der Waals surface area contributed by atoms with Gasteiger partial charge in [0.05, 0.1) is 11.4 Å². The van der Waals surface area contributed by atoms with Crippen LogP contribution >= 0.6 is 0 Å². The van der Waals surface area contributed by atoms with Crippen molar-refractivity contribution in [3.8, 4) is 0 Å². The van der Waals surface area contributed by atoms with E-state index >= 15 is 0 Å². The van der Waals surface area contributed by atoms with Gasteiger partial charge < -0.3 is 11.1 Å². The Balaban J connectivity index is 2.19. The van der Waals surface area contributed by atoms with Gasteiger partial charge in [-0.25, -0.2) is 4.39 Å². The van der Waals surface area contributed by atoms with Gasteiger partial charge in [-0.05, 0) is 24.6 Å². The highest BCUT2D eigenvalue weighted by molar-refractivity contribution is 5.93. The van der Waals surface area contributed by atoms with Crippen LogP contribution in [0.1, 0.15) is 58.3 Å². The van der Waals surface area contributed by atoms with E-state index in [9.17, 15) is 9.18 Å². The summed E-state index contributed by atoms with van der Waals surface area (Å²) in [6.45, 7) is 2.20. The molecule has 0 bridgehead atoms. The predicted molar refractivity (Wildman–Crippen MR) is 82.1 cm³/mol. The number of rotatable bonds is 9. The van der Waals surface area contributed by atoms with Crippen molar-refractivity contribution in [2.75, 3.05) is 11.1 Å². The lowest BCUT2D eigenvalue weighted by molar-refractivity contribution is -0.116. The summed E-state index contributed by atoms with van der Waals surface area (Å²) < 4.78 is 13.0. The molecule has 0 unspecified atom stereocenters. The molecule has 1 aromatic carbocycles. The number of nitrogens with one attached hydrogen (secondary N) is 1. The minimum absolute atomic E-state index is 0.101. The van der Waals surface area contributed by atoms with Crippen LogP contribution in [0.2, 0.25) is 0 Å². The van der Waals surface area contributed by atoms with E-state index in [-0.39, 0.29) is 5.91 Å². The highest BCUT2D eigenvalue weighted by Gasteiger charge is 2.06. The summed E-state index contributed by atoms with van der Waals surface area (Å²) in [7, 11) is 0. The predicted octanol–water partition coefficient (Wildman–Crippen LogP) is 4.49. The fraction of sp³-hybridized carbons (Fsp3) is 0.562. The Morgan fingerprint density at radius 3 is 2.50 bits per heavy atom. The first-order valence-electron chi connectivity index (χ1n) is 7.48. The summed E-state index contributed by atoms with van der Waals surface area (Å²) >= 11 is 0. The molecule has 1 rings (SSSR count). The highest BCUT2D eigenvalue weighted by atomic mass is 19.1. The van der Waals surface area contributed by atoms with Crippen molar-refractivity contribution in [2.45, 2.75) is 58.3 Å². The van der Waals surface area contributed by atoms with E-state index in [2.05, 4.69) is 12.2 Å². The fourth-order valence-electron chi connectivity index (χ4n) is 2.09. The Morgan fingerprint density at radius 2 is 1.80 bits per heavy atom. The molecule has 3 N–H and O–H groups in total. The van der Waals surface area contributed by atoms with Crippen LogP contribution in [-0.2, 0) is 4.79 Å². The molecule has 0 radical (unpaired) electrons. The molecule has 0 saturated heterocycles. The third-order valence-electron chi connectivity index (χ3n) is 3.30. The Morgan fingerprint density at radius 1 is 1.15 bits per heavy atom. The second kappa shape index (κ2) is 9.34. The van der Waals surface area contributed by atoms with E-state index in [4.69, 9.17) is 5.73 Å². The molecule has 4 heteroatoms. The van der Waals surface area contributed by atoms with Gasteiger partial charge in [-0.3, -0.25) is 4.79 Å². The number of amides is 1. The van der Waals surface area contributed by atoms with Crippen LogP contribution in [0.5, 0.6) is 0 Å². The third kappa shape index (κ3) is 6.55. The monoisotopic (exact) mass is 280 g/mol. The zero-order valence-corrected chi connectivity index (χ0v) is 12.3. The maximum Gasteiger partial charge on any atom is 0.224 e. The summed E-state index contributed by atoms with van der Waals surface area (Å²) in [6.07, 6.45) is 8.63. The Labute approximate surface area is 120 Å². The van der Waals surface area contributed by atoms with Crippen LogP contribution in [0.15, 0.2) is 18.2 Å². The second-order valence-electron chi connectivity index (χ2n) is 5.15. The van der Waals surface area contributed by atoms with Gasteiger partial charge in [0.25, 0.3) is 0 Å². The first-order chi connectivity index (χ1) is 9.63. The summed E-state index contributed by atoms with van der Waals surface area (Å²) in [6, 6.07) is 3.98. The molecule has 0 atom stereocenters. The minimum atomic E-state index is -0.398. The molecule has 0 fully saturated rings. The molecule has 1 aromatic rings. The number of benzene rings is 1. The average molecular weight is 280 g/mol. The van der Waals surface area contributed by atoms with Gasteiger partial charge in [0.15, 0.2) is 0 Å². The van der Waals surface area contributed by atoms with Gasteiger partial charge in [0.1, 0.15) is 5.82 Å². The highest BCUT2D eigenvalue weighted by Crippen LogP contribution is 2.19. The van der Waals surface area contributed by atoms with Gasteiger partial charge in [-0.2, -0.15) is 0 Å². The molecule has 112 valence electrons. The number of carbonyl (C=O) groups is 1. The van der Waals surface area contributed by atoms with Crippen molar-refractivity contribution in [3.05, 3.63) is 24.0 Å².